The van der Waals surface area contributed by atoms with E-state index in [1.807, 2.05) is 18.2 Å². The average Bonchev–Trinajstić information content (AvgIpc) is 2.42. The van der Waals surface area contributed by atoms with Crippen molar-refractivity contribution >= 4 is 37.5 Å². The Labute approximate surface area is 141 Å². The zero-order valence-electron chi connectivity index (χ0n) is 11.3. The number of benzene rings is 2. The maximum absolute atomic E-state index is 9.16. The highest BCUT2D eigenvalue weighted by Gasteiger charge is 2.30. The largest absolute Gasteiger partial charge is 0.381 e. The van der Waals surface area contributed by atoms with E-state index in [4.69, 9.17) is 5.26 Å². The van der Waals surface area contributed by atoms with Crippen molar-refractivity contribution in [2.75, 3.05) is 5.32 Å². The second-order valence-electron chi connectivity index (χ2n) is 5.37. The van der Waals surface area contributed by atoms with Gasteiger partial charge in [0.2, 0.25) is 0 Å². The van der Waals surface area contributed by atoms with Gasteiger partial charge in [-0.05, 0) is 54.7 Å². The van der Waals surface area contributed by atoms with Gasteiger partial charge in [-0.2, -0.15) is 5.26 Å². The van der Waals surface area contributed by atoms with Gasteiger partial charge in [0.1, 0.15) is 6.07 Å². The number of nitrogens with zero attached hydrogens (tertiary/aromatic N) is 1. The van der Waals surface area contributed by atoms with Gasteiger partial charge in [-0.1, -0.05) is 44.0 Å². The van der Waals surface area contributed by atoms with Crippen molar-refractivity contribution in [3.8, 4) is 6.07 Å². The molecule has 0 amide bonds. The molecule has 2 nitrogen and oxygen atoms in total. The number of hydrogen-bond donors (Lipinski definition) is 1. The molecule has 2 aromatic carbocycles. The standard InChI is InChI=1S/C17H14Br2N2/c18-14-3-1-2-11(6-14)13-7-16(8-13)21-17-9-15(19)5-4-12(17)10-20/h1-6,9,13,16,21H,7-8H2. The summed E-state index contributed by atoms with van der Waals surface area (Å²) >= 11 is 6.98. The summed E-state index contributed by atoms with van der Waals surface area (Å²) in [7, 11) is 0. The van der Waals surface area contributed by atoms with Crippen LogP contribution in [0.4, 0.5) is 5.69 Å². The fourth-order valence-corrected chi connectivity index (χ4v) is 3.50. The van der Waals surface area contributed by atoms with Crippen LogP contribution in [-0.2, 0) is 0 Å². The van der Waals surface area contributed by atoms with Crippen molar-refractivity contribution in [2.45, 2.75) is 24.8 Å². The zero-order valence-corrected chi connectivity index (χ0v) is 14.5. The molecule has 1 fully saturated rings. The molecule has 3 rings (SSSR count). The van der Waals surface area contributed by atoms with Crippen LogP contribution in [-0.4, -0.2) is 6.04 Å². The quantitative estimate of drug-likeness (QED) is 0.737. The summed E-state index contributed by atoms with van der Waals surface area (Å²) in [5.74, 6) is 0.609. The van der Waals surface area contributed by atoms with E-state index in [2.05, 4.69) is 67.5 Å². The zero-order chi connectivity index (χ0) is 14.8. The molecule has 0 aromatic heterocycles. The van der Waals surface area contributed by atoms with Gasteiger partial charge >= 0.3 is 0 Å². The molecule has 21 heavy (non-hydrogen) atoms. The summed E-state index contributed by atoms with van der Waals surface area (Å²) in [5.41, 5.74) is 3.01. The molecule has 1 aliphatic carbocycles. The van der Waals surface area contributed by atoms with E-state index in [9.17, 15) is 0 Å². The predicted octanol–water partition coefficient (Wildman–Crippen LogP) is 5.44. The monoisotopic (exact) mass is 404 g/mol. The molecule has 2 aromatic rings. The van der Waals surface area contributed by atoms with Crippen LogP contribution in [0.1, 0.15) is 29.9 Å². The molecule has 1 aliphatic rings. The van der Waals surface area contributed by atoms with Gasteiger partial charge in [0.25, 0.3) is 0 Å². The molecular weight excluding hydrogens is 392 g/mol. The molecule has 0 spiro atoms. The molecular formula is C17H14Br2N2. The maximum atomic E-state index is 9.16. The van der Waals surface area contributed by atoms with Crippen molar-refractivity contribution in [3.05, 3.63) is 62.5 Å². The Morgan fingerprint density at radius 2 is 1.81 bits per heavy atom. The summed E-state index contributed by atoms with van der Waals surface area (Å²) < 4.78 is 2.13. The first-order valence-corrected chi connectivity index (χ1v) is 8.46. The topological polar surface area (TPSA) is 35.8 Å². The number of hydrogen-bond acceptors (Lipinski definition) is 2. The van der Waals surface area contributed by atoms with Crippen LogP contribution >= 0.6 is 31.9 Å². The van der Waals surface area contributed by atoms with E-state index in [1.54, 1.807) is 0 Å². The summed E-state index contributed by atoms with van der Waals surface area (Å²) in [4.78, 5) is 0. The van der Waals surface area contributed by atoms with Crippen LogP contribution in [0.25, 0.3) is 0 Å². The molecule has 0 bridgehead atoms. The van der Waals surface area contributed by atoms with Crippen molar-refractivity contribution in [1.29, 1.82) is 5.26 Å². The molecule has 1 saturated carbocycles. The third-order valence-corrected chi connectivity index (χ3v) is 4.91. The lowest BCUT2D eigenvalue weighted by Crippen LogP contribution is -2.34. The normalized spacial score (nSPS) is 20.4. The molecule has 1 N–H and O–H groups in total. The van der Waals surface area contributed by atoms with Gasteiger partial charge in [0.15, 0.2) is 0 Å². The van der Waals surface area contributed by atoms with Gasteiger partial charge in [-0.3, -0.25) is 0 Å². The van der Waals surface area contributed by atoms with Crippen molar-refractivity contribution in [3.63, 3.8) is 0 Å². The number of anilines is 1. The number of rotatable bonds is 3. The first kappa shape index (κ1) is 14.6. The second-order valence-corrected chi connectivity index (χ2v) is 7.20. The van der Waals surface area contributed by atoms with E-state index in [0.717, 1.165) is 27.5 Å². The Morgan fingerprint density at radius 1 is 1.05 bits per heavy atom. The highest BCUT2D eigenvalue weighted by atomic mass is 79.9. The molecule has 0 atom stereocenters. The van der Waals surface area contributed by atoms with Crippen molar-refractivity contribution in [2.24, 2.45) is 0 Å². The fraction of sp³-hybridized carbons (Fsp3) is 0.235. The van der Waals surface area contributed by atoms with E-state index >= 15 is 0 Å². The van der Waals surface area contributed by atoms with Gasteiger partial charge in [-0.15, -0.1) is 0 Å². The molecule has 0 saturated heterocycles. The van der Waals surface area contributed by atoms with Gasteiger partial charge < -0.3 is 5.32 Å². The molecule has 0 radical (unpaired) electrons. The molecule has 0 heterocycles. The van der Waals surface area contributed by atoms with Crippen LogP contribution in [0.5, 0.6) is 0 Å². The lowest BCUT2D eigenvalue weighted by molar-refractivity contribution is 0.374. The summed E-state index contributed by atoms with van der Waals surface area (Å²) in [5, 5.41) is 12.7. The van der Waals surface area contributed by atoms with Crippen LogP contribution in [0, 0.1) is 11.3 Å². The SMILES string of the molecule is N#Cc1ccc(Br)cc1NC1CC(c2cccc(Br)c2)C1. The minimum Gasteiger partial charge on any atom is -0.381 e. The molecule has 4 heteroatoms. The Balaban J connectivity index is 1.65. The second kappa shape index (κ2) is 6.21. The van der Waals surface area contributed by atoms with Crippen molar-refractivity contribution in [1.82, 2.24) is 0 Å². The van der Waals surface area contributed by atoms with E-state index in [1.165, 1.54) is 5.56 Å². The van der Waals surface area contributed by atoms with E-state index in [0.29, 0.717) is 17.5 Å². The number of nitriles is 1. The van der Waals surface area contributed by atoms with Gasteiger partial charge in [0.05, 0.1) is 11.3 Å². The summed E-state index contributed by atoms with van der Waals surface area (Å²) in [6.07, 6.45) is 2.21. The molecule has 0 aliphatic heterocycles. The van der Waals surface area contributed by atoms with Crippen molar-refractivity contribution < 1.29 is 0 Å². The highest BCUT2D eigenvalue weighted by Crippen LogP contribution is 2.39. The number of halogens is 2. The van der Waals surface area contributed by atoms with Crippen LogP contribution in [0.15, 0.2) is 51.4 Å². The van der Waals surface area contributed by atoms with Gasteiger partial charge in [0, 0.05) is 15.0 Å². The molecule has 106 valence electrons. The van der Waals surface area contributed by atoms with E-state index in [-0.39, 0.29) is 0 Å². The third-order valence-electron chi connectivity index (χ3n) is 3.92. The molecule has 0 unspecified atom stereocenters. The Hall–Kier alpha value is -1.31. The maximum Gasteiger partial charge on any atom is 0.101 e. The lowest BCUT2D eigenvalue weighted by atomic mass is 9.76. The van der Waals surface area contributed by atoms with Crippen LogP contribution in [0.2, 0.25) is 0 Å². The lowest BCUT2D eigenvalue weighted by Gasteiger charge is -2.37. The van der Waals surface area contributed by atoms with Crippen LogP contribution < -0.4 is 5.32 Å². The Morgan fingerprint density at radius 3 is 2.52 bits per heavy atom. The first-order valence-electron chi connectivity index (χ1n) is 6.87. The first-order chi connectivity index (χ1) is 10.2. The van der Waals surface area contributed by atoms with Gasteiger partial charge in [-0.25, -0.2) is 0 Å². The predicted molar refractivity (Wildman–Crippen MR) is 92.4 cm³/mol. The number of nitrogens with one attached hydrogen (secondary N) is 1. The average molecular weight is 406 g/mol. The third kappa shape index (κ3) is 3.30. The Kier molecular flexibility index (Phi) is 4.32. The fourth-order valence-electron chi connectivity index (χ4n) is 2.72. The van der Waals surface area contributed by atoms with E-state index < -0.39 is 0 Å². The summed E-state index contributed by atoms with van der Waals surface area (Å²) in [6.45, 7) is 0. The highest BCUT2D eigenvalue weighted by molar-refractivity contribution is 9.10. The minimum atomic E-state index is 0.440. The Bertz CT molecular complexity index is 700. The minimum absolute atomic E-state index is 0.440. The van der Waals surface area contributed by atoms with Crippen LogP contribution in [0.3, 0.4) is 0 Å². The smallest absolute Gasteiger partial charge is 0.101 e. The summed E-state index contributed by atoms with van der Waals surface area (Å²) in [6, 6.07) is 16.9.